The maximum Gasteiger partial charge on any atom is 0.305 e. The maximum absolute atomic E-state index is 12.5. The van der Waals surface area contributed by atoms with Crippen LogP contribution in [0.15, 0.2) is 24.3 Å². The van der Waals surface area contributed by atoms with E-state index >= 15 is 0 Å². The van der Waals surface area contributed by atoms with Crippen molar-refractivity contribution >= 4 is 11.9 Å². The first kappa shape index (κ1) is 75.3. The molecule has 2 atom stereocenters. The van der Waals surface area contributed by atoms with E-state index in [4.69, 9.17) is 4.74 Å². The number of unbranched alkanes of at least 4 members (excludes halogenated alkanes) is 53. The second-order valence-electron chi connectivity index (χ2n) is 24.2. The third-order valence-electron chi connectivity index (χ3n) is 16.5. The summed E-state index contributed by atoms with van der Waals surface area (Å²) < 4.78 is 5.47. The highest BCUT2D eigenvalue weighted by molar-refractivity contribution is 5.76. The van der Waals surface area contributed by atoms with E-state index in [2.05, 4.69) is 31.3 Å². The van der Waals surface area contributed by atoms with Crippen LogP contribution in [0.5, 0.6) is 0 Å². The van der Waals surface area contributed by atoms with Crippen LogP contribution in [0.4, 0.5) is 0 Å². The molecule has 0 aromatic rings. The van der Waals surface area contributed by atoms with Crippen LogP contribution in [0.25, 0.3) is 0 Å². The van der Waals surface area contributed by atoms with Gasteiger partial charge in [0.1, 0.15) is 0 Å². The monoisotopic (exact) mass is 1080 g/mol. The van der Waals surface area contributed by atoms with Gasteiger partial charge in [-0.25, -0.2) is 0 Å². The number of carbonyl (C=O) groups excluding carboxylic acids is 2. The van der Waals surface area contributed by atoms with Crippen molar-refractivity contribution in [2.45, 2.75) is 405 Å². The molecule has 0 bridgehead atoms. The number of nitrogens with one attached hydrogen (secondary N) is 1. The topological polar surface area (TPSA) is 95.9 Å². The molecule has 3 N–H and O–H groups in total. The van der Waals surface area contributed by atoms with Gasteiger partial charge in [0.2, 0.25) is 5.91 Å². The molecule has 0 rings (SSSR count). The van der Waals surface area contributed by atoms with Crippen molar-refractivity contribution in [1.29, 1.82) is 0 Å². The smallest absolute Gasteiger partial charge is 0.305 e. The van der Waals surface area contributed by atoms with Crippen molar-refractivity contribution in [3.05, 3.63) is 24.3 Å². The molecule has 0 aromatic carbocycles. The molecule has 6 heteroatoms. The summed E-state index contributed by atoms with van der Waals surface area (Å²) in [7, 11) is 0. The van der Waals surface area contributed by atoms with E-state index in [1.165, 1.54) is 327 Å². The Hall–Kier alpha value is -1.66. The number of ether oxygens (including phenoxy) is 1. The first-order chi connectivity index (χ1) is 38.0. The standard InChI is InChI=1S/C71H137NO5/c1-3-5-7-9-11-13-15-16-17-18-19-20-28-31-34-37-40-44-47-51-55-59-63-69(74)68(67-73)72-70(75)64-60-56-52-48-45-41-38-35-32-29-26-24-22-21-23-25-27-30-33-36-39-42-46-50-54-58-62-66-77-71(76)65-61-57-53-49-43-14-12-10-8-6-4-2/h21-22,59,63,68-69,73-74H,3-20,23-58,60-62,64-67H2,1-2H3,(H,72,75)/b22-21-,63-59+. The zero-order valence-electron chi connectivity index (χ0n) is 52.2. The summed E-state index contributed by atoms with van der Waals surface area (Å²) in [5, 5.41) is 23.3. The van der Waals surface area contributed by atoms with Crippen LogP contribution in [0.2, 0.25) is 0 Å². The van der Waals surface area contributed by atoms with Gasteiger partial charge >= 0.3 is 5.97 Å². The van der Waals surface area contributed by atoms with Crippen LogP contribution in [-0.2, 0) is 14.3 Å². The van der Waals surface area contributed by atoms with Gasteiger partial charge in [0, 0.05) is 12.8 Å². The molecule has 0 aliphatic rings. The number of aliphatic hydroxyl groups excluding tert-OH is 2. The van der Waals surface area contributed by atoms with Crippen LogP contribution in [0.1, 0.15) is 393 Å². The normalized spacial score (nSPS) is 12.6. The van der Waals surface area contributed by atoms with E-state index < -0.39 is 12.1 Å². The summed E-state index contributed by atoms with van der Waals surface area (Å²) in [6, 6.07) is -0.629. The Morgan fingerprint density at radius 3 is 0.922 bits per heavy atom. The molecule has 0 heterocycles. The lowest BCUT2D eigenvalue weighted by Gasteiger charge is -2.20. The number of esters is 1. The predicted octanol–water partition coefficient (Wildman–Crippen LogP) is 22.5. The first-order valence-corrected chi connectivity index (χ1v) is 35.1. The molecule has 0 aliphatic carbocycles. The van der Waals surface area contributed by atoms with Gasteiger partial charge in [0.05, 0.1) is 25.4 Å². The second-order valence-corrected chi connectivity index (χ2v) is 24.2. The second kappa shape index (κ2) is 66.8. The zero-order chi connectivity index (χ0) is 55.7. The molecule has 1 amide bonds. The van der Waals surface area contributed by atoms with Gasteiger partial charge in [-0.15, -0.1) is 0 Å². The predicted molar refractivity (Wildman–Crippen MR) is 338 cm³/mol. The van der Waals surface area contributed by atoms with Crippen LogP contribution in [-0.4, -0.2) is 47.4 Å². The minimum atomic E-state index is -0.846. The van der Waals surface area contributed by atoms with Gasteiger partial charge in [-0.3, -0.25) is 9.59 Å². The number of amides is 1. The number of aliphatic hydroxyl groups is 2. The van der Waals surface area contributed by atoms with Crippen molar-refractivity contribution in [3.8, 4) is 0 Å². The first-order valence-electron chi connectivity index (χ1n) is 35.1. The van der Waals surface area contributed by atoms with Crippen molar-refractivity contribution in [2.24, 2.45) is 0 Å². The fourth-order valence-electron chi connectivity index (χ4n) is 11.1. The summed E-state index contributed by atoms with van der Waals surface area (Å²) in [6.07, 6.45) is 84.0. The quantitative estimate of drug-likeness (QED) is 0.0320. The molecular formula is C71H137NO5. The van der Waals surface area contributed by atoms with Gasteiger partial charge in [-0.05, 0) is 57.8 Å². The van der Waals surface area contributed by atoms with Crippen molar-refractivity contribution < 1.29 is 24.5 Å². The van der Waals surface area contributed by atoms with E-state index in [0.717, 1.165) is 38.5 Å². The summed E-state index contributed by atoms with van der Waals surface area (Å²) >= 11 is 0. The average Bonchev–Trinajstić information content (AvgIpc) is 3.43. The molecule has 0 fully saturated rings. The number of hydrogen-bond acceptors (Lipinski definition) is 5. The largest absolute Gasteiger partial charge is 0.466 e. The molecule has 6 nitrogen and oxygen atoms in total. The molecule has 0 aromatic heterocycles. The van der Waals surface area contributed by atoms with Gasteiger partial charge in [-0.2, -0.15) is 0 Å². The number of allylic oxidation sites excluding steroid dienone is 3. The Balaban J connectivity index is 3.41. The van der Waals surface area contributed by atoms with Crippen molar-refractivity contribution in [3.63, 3.8) is 0 Å². The van der Waals surface area contributed by atoms with E-state index in [9.17, 15) is 19.8 Å². The van der Waals surface area contributed by atoms with Crippen molar-refractivity contribution in [1.82, 2.24) is 5.32 Å². The Morgan fingerprint density at radius 2 is 0.610 bits per heavy atom. The lowest BCUT2D eigenvalue weighted by Crippen LogP contribution is -2.45. The highest BCUT2D eigenvalue weighted by Gasteiger charge is 2.18. The fraction of sp³-hybridized carbons (Fsp3) is 0.915. The lowest BCUT2D eigenvalue weighted by molar-refractivity contribution is -0.143. The van der Waals surface area contributed by atoms with Crippen LogP contribution < -0.4 is 5.32 Å². The van der Waals surface area contributed by atoms with Gasteiger partial charge in [-0.1, -0.05) is 346 Å². The molecule has 2 unspecified atom stereocenters. The van der Waals surface area contributed by atoms with Crippen molar-refractivity contribution in [2.75, 3.05) is 13.2 Å². The van der Waals surface area contributed by atoms with E-state index in [1.54, 1.807) is 6.08 Å². The van der Waals surface area contributed by atoms with Gasteiger partial charge in [0.15, 0.2) is 0 Å². The average molecular weight is 1080 g/mol. The van der Waals surface area contributed by atoms with E-state index in [0.29, 0.717) is 19.4 Å². The number of hydrogen-bond donors (Lipinski definition) is 3. The molecule has 0 saturated carbocycles. The Kier molecular flexibility index (Phi) is 65.4. The Morgan fingerprint density at radius 1 is 0.351 bits per heavy atom. The minimum Gasteiger partial charge on any atom is -0.466 e. The SMILES string of the molecule is CCCCCCCCCCCCCCCCCCCCCC/C=C/C(O)C(CO)NC(=O)CCCCCCCCCCCCC/C=C\CCCCCCCCCCCCCCOC(=O)CCCCCCCCCCCCC. The third-order valence-corrected chi connectivity index (χ3v) is 16.5. The van der Waals surface area contributed by atoms with E-state index in [1.807, 2.05) is 6.08 Å². The Labute approximate surface area is 481 Å². The highest BCUT2D eigenvalue weighted by atomic mass is 16.5. The zero-order valence-corrected chi connectivity index (χ0v) is 52.2. The summed E-state index contributed by atoms with van der Waals surface area (Å²) in [5.41, 5.74) is 0. The third kappa shape index (κ3) is 63.4. The van der Waals surface area contributed by atoms with E-state index in [-0.39, 0.29) is 18.5 Å². The van der Waals surface area contributed by atoms with Crippen LogP contribution in [0, 0.1) is 0 Å². The molecule has 0 saturated heterocycles. The maximum atomic E-state index is 12.5. The molecule has 0 radical (unpaired) electrons. The summed E-state index contributed by atoms with van der Waals surface area (Å²) in [6.45, 7) is 4.94. The van der Waals surface area contributed by atoms with Gasteiger partial charge in [0.25, 0.3) is 0 Å². The molecule has 456 valence electrons. The summed E-state index contributed by atoms with van der Waals surface area (Å²) in [5.74, 6) is -0.0496. The number of rotatable bonds is 66. The number of carbonyl (C=O) groups is 2. The molecule has 0 aliphatic heterocycles. The highest BCUT2D eigenvalue weighted by Crippen LogP contribution is 2.19. The molecule has 0 spiro atoms. The molecular weight excluding hydrogens is 947 g/mol. The minimum absolute atomic E-state index is 0.0151. The van der Waals surface area contributed by atoms with Gasteiger partial charge < -0.3 is 20.3 Å². The Bertz CT molecular complexity index is 1200. The fourth-order valence-corrected chi connectivity index (χ4v) is 11.1. The van der Waals surface area contributed by atoms with Crippen LogP contribution in [0.3, 0.4) is 0 Å². The summed E-state index contributed by atoms with van der Waals surface area (Å²) in [4.78, 5) is 24.5. The van der Waals surface area contributed by atoms with Crippen LogP contribution >= 0.6 is 0 Å². The molecule has 77 heavy (non-hydrogen) atoms. The lowest BCUT2D eigenvalue weighted by atomic mass is 10.0.